The van der Waals surface area contributed by atoms with Gasteiger partial charge in [-0.2, -0.15) is 0 Å². The predicted molar refractivity (Wildman–Crippen MR) is 143 cm³/mol. The maximum absolute atomic E-state index is 2.35. The Morgan fingerprint density at radius 3 is 1.18 bits per heavy atom. The highest BCUT2D eigenvalue weighted by molar-refractivity contribution is 6.06. The summed E-state index contributed by atoms with van der Waals surface area (Å²) < 4.78 is 0. The molecule has 0 saturated carbocycles. The Balaban J connectivity index is 2.00. The minimum absolute atomic E-state index is 1.21. The minimum Gasteiger partial charge on any atom is -0.377 e. The average Bonchev–Trinajstić information content (AvgIpc) is 2.89. The third-order valence-electron chi connectivity index (χ3n) is 6.06. The zero-order valence-electron chi connectivity index (χ0n) is 19.1. The van der Waals surface area contributed by atoms with E-state index in [0.717, 1.165) is 0 Å². The molecule has 0 atom stereocenters. The number of anilines is 1. The van der Waals surface area contributed by atoms with Crippen molar-refractivity contribution in [2.45, 2.75) is 0 Å². The van der Waals surface area contributed by atoms with Gasteiger partial charge in [-0.25, -0.2) is 0 Å². The monoisotopic (exact) mass is 425 g/mol. The van der Waals surface area contributed by atoms with Gasteiger partial charge in [-0.05, 0) is 39.4 Å². The summed E-state index contributed by atoms with van der Waals surface area (Å²) in [6.45, 7) is 0. The van der Waals surface area contributed by atoms with E-state index in [9.17, 15) is 0 Å². The van der Waals surface area contributed by atoms with Crippen molar-refractivity contribution in [3.63, 3.8) is 0 Å². The SMILES string of the molecule is CN(C)c1cc(-c2ccccc2)c(-c2ccccc2)c(-c2ccccc2)c1-c1ccccc1. The van der Waals surface area contributed by atoms with Gasteiger partial charge in [0.1, 0.15) is 0 Å². The molecule has 0 amide bonds. The maximum Gasteiger partial charge on any atom is 0.0453 e. The minimum atomic E-state index is 1.21. The second-order valence-corrected chi connectivity index (χ2v) is 8.43. The third kappa shape index (κ3) is 4.06. The van der Waals surface area contributed by atoms with Gasteiger partial charge in [0.05, 0.1) is 0 Å². The zero-order chi connectivity index (χ0) is 22.6. The summed E-state index contributed by atoms with van der Waals surface area (Å²) in [4.78, 5) is 2.23. The van der Waals surface area contributed by atoms with Crippen LogP contribution >= 0.6 is 0 Å². The van der Waals surface area contributed by atoms with Crippen LogP contribution < -0.4 is 4.90 Å². The molecule has 0 aliphatic carbocycles. The van der Waals surface area contributed by atoms with Crippen molar-refractivity contribution in [1.29, 1.82) is 0 Å². The Morgan fingerprint density at radius 2 is 0.758 bits per heavy atom. The summed E-state index contributed by atoms with van der Waals surface area (Å²) in [5, 5.41) is 0. The van der Waals surface area contributed by atoms with Crippen LogP contribution in [0.3, 0.4) is 0 Å². The number of hydrogen-bond acceptors (Lipinski definition) is 1. The molecule has 0 aliphatic rings. The van der Waals surface area contributed by atoms with Gasteiger partial charge < -0.3 is 4.90 Å². The Labute approximate surface area is 196 Å². The van der Waals surface area contributed by atoms with E-state index >= 15 is 0 Å². The van der Waals surface area contributed by atoms with E-state index < -0.39 is 0 Å². The molecule has 0 heterocycles. The largest absolute Gasteiger partial charge is 0.377 e. The lowest BCUT2D eigenvalue weighted by Gasteiger charge is -2.27. The van der Waals surface area contributed by atoms with Gasteiger partial charge in [-0.15, -0.1) is 0 Å². The summed E-state index contributed by atoms with van der Waals surface area (Å²) >= 11 is 0. The van der Waals surface area contributed by atoms with Crippen molar-refractivity contribution < 1.29 is 0 Å². The molecule has 0 N–H and O–H groups in total. The highest BCUT2D eigenvalue weighted by Gasteiger charge is 2.23. The van der Waals surface area contributed by atoms with Crippen LogP contribution in [0.2, 0.25) is 0 Å². The summed E-state index contributed by atoms with van der Waals surface area (Å²) in [5.74, 6) is 0. The Morgan fingerprint density at radius 1 is 0.394 bits per heavy atom. The van der Waals surface area contributed by atoms with Crippen LogP contribution in [0.15, 0.2) is 127 Å². The number of hydrogen-bond donors (Lipinski definition) is 0. The van der Waals surface area contributed by atoms with Crippen LogP contribution in [0.5, 0.6) is 0 Å². The lowest BCUT2D eigenvalue weighted by Crippen LogP contribution is -2.12. The molecule has 5 rings (SSSR count). The topological polar surface area (TPSA) is 3.24 Å². The van der Waals surface area contributed by atoms with Gasteiger partial charge in [0.25, 0.3) is 0 Å². The second kappa shape index (κ2) is 9.18. The summed E-state index contributed by atoms with van der Waals surface area (Å²) in [5.41, 5.74) is 11.1. The smallest absolute Gasteiger partial charge is 0.0453 e. The van der Waals surface area contributed by atoms with Gasteiger partial charge in [-0.3, -0.25) is 0 Å². The molecule has 0 saturated heterocycles. The number of rotatable bonds is 5. The Kier molecular flexibility index (Phi) is 5.78. The predicted octanol–water partition coefficient (Wildman–Crippen LogP) is 8.42. The van der Waals surface area contributed by atoms with Crippen LogP contribution in [-0.2, 0) is 0 Å². The second-order valence-electron chi connectivity index (χ2n) is 8.43. The van der Waals surface area contributed by atoms with E-state index in [-0.39, 0.29) is 0 Å². The van der Waals surface area contributed by atoms with E-state index in [1.807, 2.05) is 0 Å². The molecule has 1 nitrogen and oxygen atoms in total. The molecular formula is C32H27N. The van der Waals surface area contributed by atoms with Crippen molar-refractivity contribution >= 4 is 5.69 Å². The summed E-state index contributed by atoms with van der Waals surface area (Å²) in [6, 6.07) is 45.4. The molecule has 5 aromatic carbocycles. The van der Waals surface area contributed by atoms with E-state index in [1.54, 1.807) is 0 Å². The molecule has 33 heavy (non-hydrogen) atoms. The average molecular weight is 426 g/mol. The zero-order valence-corrected chi connectivity index (χ0v) is 19.1. The fourth-order valence-corrected chi connectivity index (χ4v) is 4.56. The quantitative estimate of drug-likeness (QED) is 0.273. The fourth-order valence-electron chi connectivity index (χ4n) is 4.56. The number of nitrogens with zero attached hydrogens (tertiary/aromatic N) is 1. The normalized spacial score (nSPS) is 10.7. The molecule has 1 heteroatoms. The summed E-state index contributed by atoms with van der Waals surface area (Å²) in [7, 11) is 4.26. The molecule has 0 radical (unpaired) electrons. The van der Waals surface area contributed by atoms with E-state index in [0.29, 0.717) is 0 Å². The Hall–Kier alpha value is -4.10. The lowest BCUT2D eigenvalue weighted by atomic mass is 9.81. The van der Waals surface area contributed by atoms with Crippen LogP contribution in [0.4, 0.5) is 5.69 Å². The molecule has 5 aromatic rings. The van der Waals surface area contributed by atoms with Crippen molar-refractivity contribution in [1.82, 2.24) is 0 Å². The Bertz CT molecular complexity index is 1340. The molecule has 0 fully saturated rings. The molecular weight excluding hydrogens is 398 g/mol. The maximum atomic E-state index is 2.35. The van der Waals surface area contributed by atoms with Gasteiger partial charge in [-0.1, -0.05) is 121 Å². The first-order chi connectivity index (χ1) is 16.2. The first kappa shape index (κ1) is 20.8. The summed E-state index contributed by atoms with van der Waals surface area (Å²) in [6.07, 6.45) is 0. The van der Waals surface area contributed by atoms with Crippen LogP contribution in [0.1, 0.15) is 0 Å². The third-order valence-corrected chi connectivity index (χ3v) is 6.06. The molecule has 0 spiro atoms. The van der Waals surface area contributed by atoms with Crippen LogP contribution in [-0.4, -0.2) is 14.1 Å². The van der Waals surface area contributed by atoms with E-state index in [2.05, 4.69) is 146 Å². The van der Waals surface area contributed by atoms with E-state index in [4.69, 9.17) is 0 Å². The number of benzene rings is 5. The molecule has 0 bridgehead atoms. The lowest BCUT2D eigenvalue weighted by molar-refractivity contribution is 1.13. The highest BCUT2D eigenvalue weighted by atomic mass is 15.1. The first-order valence-electron chi connectivity index (χ1n) is 11.3. The fraction of sp³-hybridized carbons (Fsp3) is 0.0625. The highest BCUT2D eigenvalue weighted by Crippen LogP contribution is 2.49. The van der Waals surface area contributed by atoms with Crippen molar-refractivity contribution in [2.75, 3.05) is 19.0 Å². The standard InChI is InChI=1S/C32H27N/c1-33(2)29-23-28(24-15-7-3-8-16-24)30(25-17-9-4-10-18-25)32(27-21-13-6-14-22-27)31(29)26-19-11-5-12-20-26/h3-23H,1-2H3. The van der Waals surface area contributed by atoms with Gasteiger partial charge >= 0.3 is 0 Å². The van der Waals surface area contributed by atoms with Gasteiger partial charge in [0.15, 0.2) is 0 Å². The van der Waals surface area contributed by atoms with Crippen LogP contribution in [0.25, 0.3) is 44.5 Å². The van der Waals surface area contributed by atoms with Gasteiger partial charge in [0.2, 0.25) is 0 Å². The molecule has 0 aliphatic heterocycles. The molecule has 0 unspecified atom stereocenters. The van der Waals surface area contributed by atoms with Crippen LogP contribution in [0, 0.1) is 0 Å². The van der Waals surface area contributed by atoms with Crippen molar-refractivity contribution in [3.8, 4) is 44.5 Å². The van der Waals surface area contributed by atoms with Gasteiger partial charge in [0, 0.05) is 30.9 Å². The van der Waals surface area contributed by atoms with Crippen molar-refractivity contribution in [2.24, 2.45) is 0 Å². The molecule has 160 valence electrons. The first-order valence-corrected chi connectivity index (χ1v) is 11.3. The molecule has 0 aromatic heterocycles. The van der Waals surface area contributed by atoms with Crippen molar-refractivity contribution in [3.05, 3.63) is 127 Å². The van der Waals surface area contributed by atoms with E-state index in [1.165, 1.54) is 50.2 Å².